The van der Waals surface area contributed by atoms with Crippen LogP contribution in [0.1, 0.15) is 40.5 Å². The highest BCUT2D eigenvalue weighted by Gasteiger charge is 2.39. The van der Waals surface area contributed by atoms with E-state index in [0.717, 1.165) is 5.92 Å². The summed E-state index contributed by atoms with van der Waals surface area (Å²) in [4.78, 5) is 3.30. The van der Waals surface area contributed by atoms with Gasteiger partial charge < -0.3 is 0 Å². The lowest BCUT2D eigenvalue weighted by Gasteiger charge is -2.35. The van der Waals surface area contributed by atoms with Gasteiger partial charge in [0, 0.05) is 16.9 Å². The van der Waals surface area contributed by atoms with Crippen molar-refractivity contribution < 1.29 is 0 Å². The van der Waals surface area contributed by atoms with Crippen LogP contribution >= 0.6 is 15.9 Å². The maximum atomic E-state index is 3.77. The van der Waals surface area contributed by atoms with Crippen molar-refractivity contribution in [1.82, 2.24) is 4.90 Å². The molecule has 0 radical (unpaired) electrons. The van der Waals surface area contributed by atoms with E-state index in [-0.39, 0.29) is 0 Å². The van der Waals surface area contributed by atoms with Crippen LogP contribution in [0.5, 0.6) is 0 Å². The van der Waals surface area contributed by atoms with Gasteiger partial charge in [-0.15, -0.1) is 0 Å². The van der Waals surface area contributed by atoms with Crippen molar-refractivity contribution in [3.8, 4) is 0 Å². The Morgan fingerprint density at radius 2 is 2.15 bits per heavy atom. The van der Waals surface area contributed by atoms with Gasteiger partial charge in [-0.1, -0.05) is 36.2 Å². The highest BCUT2D eigenvalue weighted by Crippen LogP contribution is 2.34. The maximum absolute atomic E-state index is 3.77. The minimum absolute atomic E-state index is 0.351. The molecule has 13 heavy (non-hydrogen) atoms. The summed E-state index contributed by atoms with van der Waals surface area (Å²) in [6.45, 7) is 11.8. The number of halogens is 1. The van der Waals surface area contributed by atoms with Gasteiger partial charge in [-0.25, -0.2) is 0 Å². The summed E-state index contributed by atoms with van der Waals surface area (Å²) in [6, 6.07) is 0. The molecule has 1 nitrogen and oxygen atoms in total. The molecule has 2 unspecified atom stereocenters. The molecule has 0 N–H and O–H groups in total. The Hall–Kier alpha value is 0.440. The molecule has 78 valence electrons. The summed E-state index contributed by atoms with van der Waals surface area (Å²) in [5.74, 6) is 0.831. The fraction of sp³-hybridized carbons (Fsp3) is 1.00. The molecule has 0 aromatic rings. The molecule has 1 saturated heterocycles. The molecule has 0 bridgehead atoms. The van der Waals surface area contributed by atoms with Crippen LogP contribution in [0.15, 0.2) is 0 Å². The molecule has 0 saturated carbocycles. The fourth-order valence-electron chi connectivity index (χ4n) is 1.94. The van der Waals surface area contributed by atoms with Crippen LogP contribution in [0.4, 0.5) is 0 Å². The first-order chi connectivity index (χ1) is 5.98. The first-order valence-electron chi connectivity index (χ1n) is 5.37. The Morgan fingerprint density at radius 1 is 1.54 bits per heavy atom. The molecular weight excluding hydrogens is 226 g/mol. The standard InChI is InChI=1S/C11H22BrN/c1-5-9(2)8-13-7-6-10(12)11(13,3)4/h9-10H,5-8H2,1-4H3. The van der Waals surface area contributed by atoms with Crippen LogP contribution in [0, 0.1) is 5.92 Å². The molecule has 1 fully saturated rings. The zero-order valence-electron chi connectivity index (χ0n) is 9.31. The molecule has 1 rings (SSSR count). The van der Waals surface area contributed by atoms with E-state index in [1.165, 1.54) is 25.9 Å². The molecule has 0 aliphatic carbocycles. The molecule has 2 heteroatoms. The van der Waals surface area contributed by atoms with Gasteiger partial charge in [0.25, 0.3) is 0 Å². The van der Waals surface area contributed by atoms with Gasteiger partial charge in [-0.3, -0.25) is 4.90 Å². The lowest BCUT2D eigenvalue weighted by Crippen LogP contribution is -2.44. The number of likely N-dealkylation sites (tertiary alicyclic amines) is 1. The largest absolute Gasteiger partial charge is 0.297 e. The van der Waals surface area contributed by atoms with Crippen molar-refractivity contribution in [2.24, 2.45) is 5.92 Å². The van der Waals surface area contributed by atoms with Crippen LogP contribution in [-0.4, -0.2) is 28.4 Å². The number of nitrogens with zero attached hydrogens (tertiary/aromatic N) is 1. The average molecular weight is 248 g/mol. The third kappa shape index (κ3) is 2.47. The van der Waals surface area contributed by atoms with Crippen LogP contribution < -0.4 is 0 Å². The van der Waals surface area contributed by atoms with E-state index in [9.17, 15) is 0 Å². The monoisotopic (exact) mass is 247 g/mol. The first kappa shape index (κ1) is 11.5. The fourth-order valence-corrected chi connectivity index (χ4v) is 2.43. The zero-order chi connectivity index (χ0) is 10.1. The van der Waals surface area contributed by atoms with Gasteiger partial charge in [0.05, 0.1) is 0 Å². The Morgan fingerprint density at radius 3 is 2.54 bits per heavy atom. The Kier molecular flexibility index (Phi) is 3.82. The molecule has 1 aliphatic rings. The summed E-state index contributed by atoms with van der Waals surface area (Å²) >= 11 is 3.77. The maximum Gasteiger partial charge on any atom is 0.0336 e. The van der Waals surface area contributed by atoms with Crippen molar-refractivity contribution in [3.05, 3.63) is 0 Å². The smallest absolute Gasteiger partial charge is 0.0336 e. The lowest BCUT2D eigenvalue weighted by atomic mass is 10.00. The normalized spacial score (nSPS) is 30.7. The molecular formula is C11H22BrN. The zero-order valence-corrected chi connectivity index (χ0v) is 10.9. The second-order valence-corrected chi connectivity index (χ2v) is 5.97. The average Bonchev–Trinajstić information content (AvgIpc) is 2.31. The van der Waals surface area contributed by atoms with Crippen molar-refractivity contribution in [2.45, 2.75) is 50.9 Å². The first-order valence-corrected chi connectivity index (χ1v) is 6.29. The van der Waals surface area contributed by atoms with Crippen molar-refractivity contribution in [3.63, 3.8) is 0 Å². The summed E-state index contributed by atoms with van der Waals surface area (Å²) in [6.07, 6.45) is 2.59. The van der Waals surface area contributed by atoms with E-state index in [1.807, 2.05) is 0 Å². The predicted octanol–water partition coefficient (Wildman–Crippen LogP) is 3.28. The van der Waals surface area contributed by atoms with Crippen molar-refractivity contribution >= 4 is 15.9 Å². The summed E-state index contributed by atoms with van der Waals surface area (Å²) in [5.41, 5.74) is 0.351. The van der Waals surface area contributed by atoms with E-state index >= 15 is 0 Å². The highest BCUT2D eigenvalue weighted by atomic mass is 79.9. The number of hydrogen-bond donors (Lipinski definition) is 0. The third-order valence-corrected chi connectivity index (χ3v) is 5.04. The van der Waals surface area contributed by atoms with Crippen LogP contribution in [0.3, 0.4) is 0 Å². The molecule has 1 heterocycles. The van der Waals surface area contributed by atoms with Gasteiger partial charge in [0.15, 0.2) is 0 Å². The van der Waals surface area contributed by atoms with E-state index in [0.29, 0.717) is 10.4 Å². The Labute approximate surface area is 91.0 Å². The molecule has 0 amide bonds. The number of rotatable bonds is 3. The van der Waals surface area contributed by atoms with Gasteiger partial charge in [0.1, 0.15) is 0 Å². The lowest BCUT2D eigenvalue weighted by molar-refractivity contribution is 0.154. The van der Waals surface area contributed by atoms with E-state index in [2.05, 4.69) is 48.5 Å². The predicted molar refractivity (Wildman–Crippen MR) is 62.4 cm³/mol. The Balaban J connectivity index is 2.52. The Bertz CT molecular complexity index is 167. The van der Waals surface area contributed by atoms with Crippen molar-refractivity contribution in [2.75, 3.05) is 13.1 Å². The van der Waals surface area contributed by atoms with Gasteiger partial charge in [0.2, 0.25) is 0 Å². The second-order valence-electron chi connectivity index (χ2n) is 4.87. The van der Waals surface area contributed by atoms with E-state index < -0.39 is 0 Å². The molecule has 0 aromatic carbocycles. The van der Waals surface area contributed by atoms with Crippen LogP contribution in [-0.2, 0) is 0 Å². The molecule has 1 aliphatic heterocycles. The third-order valence-electron chi connectivity index (χ3n) is 3.46. The van der Waals surface area contributed by atoms with Crippen LogP contribution in [0.2, 0.25) is 0 Å². The summed E-state index contributed by atoms with van der Waals surface area (Å²) in [7, 11) is 0. The summed E-state index contributed by atoms with van der Waals surface area (Å²) < 4.78 is 0. The van der Waals surface area contributed by atoms with Gasteiger partial charge in [-0.2, -0.15) is 0 Å². The second kappa shape index (κ2) is 4.31. The molecule has 2 atom stereocenters. The topological polar surface area (TPSA) is 3.24 Å². The van der Waals surface area contributed by atoms with Gasteiger partial charge >= 0.3 is 0 Å². The van der Waals surface area contributed by atoms with Crippen molar-refractivity contribution in [1.29, 1.82) is 0 Å². The van der Waals surface area contributed by atoms with E-state index in [1.54, 1.807) is 0 Å². The minimum Gasteiger partial charge on any atom is -0.297 e. The minimum atomic E-state index is 0.351. The quantitative estimate of drug-likeness (QED) is 0.693. The molecule has 0 aromatic heterocycles. The molecule has 0 spiro atoms. The highest BCUT2D eigenvalue weighted by molar-refractivity contribution is 9.09. The SMILES string of the molecule is CCC(C)CN1CCC(Br)C1(C)C. The van der Waals surface area contributed by atoms with E-state index in [4.69, 9.17) is 0 Å². The summed E-state index contributed by atoms with van der Waals surface area (Å²) in [5, 5.41) is 0. The van der Waals surface area contributed by atoms with Crippen LogP contribution in [0.25, 0.3) is 0 Å². The number of hydrogen-bond acceptors (Lipinski definition) is 1. The van der Waals surface area contributed by atoms with Gasteiger partial charge in [-0.05, 0) is 32.7 Å². The number of alkyl halides is 1.